The van der Waals surface area contributed by atoms with Crippen LogP contribution in [-0.4, -0.2) is 30.9 Å². The number of ether oxygens (including phenoxy) is 1. The van der Waals surface area contributed by atoms with Crippen LogP contribution in [0.5, 0.6) is 0 Å². The fourth-order valence-electron chi connectivity index (χ4n) is 1.78. The summed E-state index contributed by atoms with van der Waals surface area (Å²) in [6, 6.07) is 10.2. The van der Waals surface area contributed by atoms with E-state index < -0.39 is 5.54 Å². The lowest BCUT2D eigenvalue weighted by Crippen LogP contribution is -2.50. The first kappa shape index (κ1) is 16.1. The Bertz CT molecular complexity index is 383. The molecular weight excluding hydrogens is 258 g/mol. The van der Waals surface area contributed by atoms with Gasteiger partial charge in [-0.15, -0.1) is 11.8 Å². The van der Waals surface area contributed by atoms with Crippen molar-refractivity contribution < 1.29 is 9.53 Å². The zero-order valence-corrected chi connectivity index (χ0v) is 12.8. The highest BCUT2D eigenvalue weighted by Crippen LogP contribution is 2.22. The molecule has 1 aromatic rings. The van der Waals surface area contributed by atoms with Gasteiger partial charge < -0.3 is 10.1 Å². The van der Waals surface area contributed by atoms with Gasteiger partial charge in [-0.25, -0.2) is 0 Å². The summed E-state index contributed by atoms with van der Waals surface area (Å²) in [5.41, 5.74) is -0.591. The maximum atomic E-state index is 11.9. The Morgan fingerprint density at radius 2 is 2.05 bits per heavy atom. The molecule has 106 valence electrons. The highest BCUT2D eigenvalue weighted by atomic mass is 32.2. The zero-order chi connectivity index (χ0) is 14.1. The van der Waals surface area contributed by atoms with Gasteiger partial charge in [0.05, 0.1) is 7.11 Å². The Morgan fingerprint density at radius 1 is 1.37 bits per heavy atom. The predicted molar refractivity (Wildman–Crippen MR) is 80.5 cm³/mol. The van der Waals surface area contributed by atoms with Gasteiger partial charge in [0.25, 0.3) is 0 Å². The second-order valence-electron chi connectivity index (χ2n) is 4.66. The minimum absolute atomic E-state index is 0.186. The normalized spacial score (nSPS) is 13.8. The number of benzene rings is 1. The maximum absolute atomic E-state index is 11.9. The average Bonchev–Trinajstić information content (AvgIpc) is 2.45. The first-order chi connectivity index (χ1) is 9.12. The molecular formula is C15H23NO2S. The van der Waals surface area contributed by atoms with Crippen molar-refractivity contribution in [2.45, 2.75) is 37.1 Å². The number of rotatable bonds is 8. The minimum atomic E-state index is -0.591. The van der Waals surface area contributed by atoms with Gasteiger partial charge in [-0.05, 0) is 38.4 Å². The van der Waals surface area contributed by atoms with Crippen LogP contribution in [0.2, 0.25) is 0 Å². The topological polar surface area (TPSA) is 38.3 Å². The molecule has 0 fully saturated rings. The standard InChI is InChI=1S/C15H23NO2S/c1-4-11-16-15(2,14(17)18-3)10-12-19-13-8-6-5-7-9-13/h5-9,16H,4,10-12H2,1-3H3. The summed E-state index contributed by atoms with van der Waals surface area (Å²) < 4.78 is 4.90. The van der Waals surface area contributed by atoms with Gasteiger partial charge in [0.2, 0.25) is 0 Å². The van der Waals surface area contributed by atoms with Crippen molar-refractivity contribution in [2.24, 2.45) is 0 Å². The molecule has 0 spiro atoms. The second kappa shape index (κ2) is 8.23. The molecule has 3 nitrogen and oxygen atoms in total. The van der Waals surface area contributed by atoms with Gasteiger partial charge in [-0.1, -0.05) is 25.1 Å². The van der Waals surface area contributed by atoms with Crippen molar-refractivity contribution in [1.82, 2.24) is 5.32 Å². The van der Waals surface area contributed by atoms with Gasteiger partial charge in [-0.3, -0.25) is 4.79 Å². The van der Waals surface area contributed by atoms with Crippen molar-refractivity contribution in [1.29, 1.82) is 0 Å². The quantitative estimate of drug-likeness (QED) is 0.587. The SMILES string of the molecule is CCCNC(C)(CCSc1ccccc1)C(=O)OC. The highest BCUT2D eigenvalue weighted by molar-refractivity contribution is 7.99. The number of carbonyl (C=O) groups excluding carboxylic acids is 1. The number of hydrogen-bond acceptors (Lipinski definition) is 4. The number of hydrogen-bond donors (Lipinski definition) is 1. The lowest BCUT2D eigenvalue weighted by atomic mass is 9.99. The molecule has 1 N–H and O–H groups in total. The molecule has 1 atom stereocenters. The maximum Gasteiger partial charge on any atom is 0.325 e. The molecule has 0 aliphatic carbocycles. The Morgan fingerprint density at radius 3 is 2.63 bits per heavy atom. The van der Waals surface area contributed by atoms with Crippen molar-refractivity contribution in [3.8, 4) is 0 Å². The first-order valence-electron chi connectivity index (χ1n) is 6.63. The van der Waals surface area contributed by atoms with Crippen LogP contribution in [0, 0.1) is 0 Å². The average molecular weight is 281 g/mol. The van der Waals surface area contributed by atoms with Crippen LogP contribution in [0.3, 0.4) is 0 Å². The van der Waals surface area contributed by atoms with Crippen LogP contribution >= 0.6 is 11.8 Å². The molecule has 1 aromatic carbocycles. The second-order valence-corrected chi connectivity index (χ2v) is 5.83. The molecule has 0 bridgehead atoms. The molecule has 0 saturated carbocycles. The third-order valence-electron chi connectivity index (χ3n) is 3.02. The number of thioether (sulfide) groups is 1. The molecule has 4 heteroatoms. The van der Waals surface area contributed by atoms with E-state index in [0.29, 0.717) is 0 Å². The lowest BCUT2D eigenvalue weighted by Gasteiger charge is -2.27. The summed E-state index contributed by atoms with van der Waals surface area (Å²) in [4.78, 5) is 13.1. The molecule has 0 heterocycles. The number of methoxy groups -OCH3 is 1. The van der Waals surface area contributed by atoms with E-state index in [0.717, 1.165) is 25.1 Å². The van der Waals surface area contributed by atoms with Crippen LogP contribution in [0.4, 0.5) is 0 Å². The number of carbonyl (C=O) groups is 1. The largest absolute Gasteiger partial charge is 0.468 e. The van der Waals surface area contributed by atoms with Crippen molar-refractivity contribution >= 4 is 17.7 Å². The summed E-state index contributed by atoms with van der Waals surface area (Å²) in [6.45, 7) is 4.82. The van der Waals surface area contributed by atoms with Crippen LogP contribution in [0.1, 0.15) is 26.7 Å². The van der Waals surface area contributed by atoms with Crippen molar-refractivity contribution in [2.75, 3.05) is 19.4 Å². The molecule has 0 amide bonds. The molecule has 0 aliphatic heterocycles. The minimum Gasteiger partial charge on any atom is -0.468 e. The van der Waals surface area contributed by atoms with Crippen LogP contribution < -0.4 is 5.32 Å². The van der Waals surface area contributed by atoms with Gasteiger partial charge in [0.15, 0.2) is 0 Å². The van der Waals surface area contributed by atoms with Crippen LogP contribution in [-0.2, 0) is 9.53 Å². The smallest absolute Gasteiger partial charge is 0.325 e. The summed E-state index contributed by atoms with van der Waals surface area (Å²) in [5, 5.41) is 3.29. The Balaban J connectivity index is 2.51. The molecule has 0 saturated heterocycles. The molecule has 19 heavy (non-hydrogen) atoms. The fraction of sp³-hybridized carbons (Fsp3) is 0.533. The van der Waals surface area contributed by atoms with E-state index in [1.54, 1.807) is 11.8 Å². The van der Waals surface area contributed by atoms with Crippen LogP contribution in [0.15, 0.2) is 35.2 Å². The van der Waals surface area contributed by atoms with E-state index in [1.165, 1.54) is 12.0 Å². The summed E-state index contributed by atoms with van der Waals surface area (Å²) in [7, 11) is 1.44. The van der Waals surface area contributed by atoms with E-state index >= 15 is 0 Å². The summed E-state index contributed by atoms with van der Waals surface area (Å²) in [5.74, 6) is 0.696. The van der Waals surface area contributed by atoms with Crippen molar-refractivity contribution in [3.63, 3.8) is 0 Å². The van der Waals surface area contributed by atoms with Gasteiger partial charge in [0.1, 0.15) is 5.54 Å². The number of esters is 1. The van der Waals surface area contributed by atoms with Crippen molar-refractivity contribution in [3.05, 3.63) is 30.3 Å². The monoisotopic (exact) mass is 281 g/mol. The number of nitrogens with one attached hydrogen (secondary N) is 1. The Hall–Kier alpha value is -1.00. The van der Waals surface area contributed by atoms with E-state index in [1.807, 2.05) is 25.1 Å². The van der Waals surface area contributed by atoms with Crippen LogP contribution in [0.25, 0.3) is 0 Å². The van der Waals surface area contributed by atoms with E-state index in [4.69, 9.17) is 4.74 Å². The van der Waals surface area contributed by atoms with E-state index in [2.05, 4.69) is 24.4 Å². The van der Waals surface area contributed by atoms with E-state index in [-0.39, 0.29) is 5.97 Å². The molecule has 0 aliphatic rings. The third kappa shape index (κ3) is 5.25. The highest BCUT2D eigenvalue weighted by Gasteiger charge is 2.32. The zero-order valence-electron chi connectivity index (χ0n) is 11.9. The molecule has 0 radical (unpaired) electrons. The molecule has 0 aromatic heterocycles. The molecule has 1 rings (SSSR count). The predicted octanol–water partition coefficient (Wildman–Crippen LogP) is 3.10. The van der Waals surface area contributed by atoms with Gasteiger partial charge in [-0.2, -0.15) is 0 Å². The summed E-state index contributed by atoms with van der Waals surface area (Å²) in [6.07, 6.45) is 1.75. The third-order valence-corrected chi connectivity index (χ3v) is 4.03. The summed E-state index contributed by atoms with van der Waals surface area (Å²) >= 11 is 1.76. The van der Waals surface area contributed by atoms with Gasteiger partial charge in [0, 0.05) is 10.6 Å². The Kier molecular flexibility index (Phi) is 6.95. The fourth-order valence-corrected chi connectivity index (χ4v) is 2.87. The van der Waals surface area contributed by atoms with Gasteiger partial charge >= 0.3 is 5.97 Å². The lowest BCUT2D eigenvalue weighted by molar-refractivity contribution is -0.148. The molecule has 1 unspecified atom stereocenters. The first-order valence-corrected chi connectivity index (χ1v) is 7.62. The van der Waals surface area contributed by atoms with E-state index in [9.17, 15) is 4.79 Å². The Labute approximate surface area is 120 Å².